The first kappa shape index (κ1) is 18.8. The lowest BCUT2D eigenvalue weighted by Crippen LogP contribution is -2.13. The van der Waals surface area contributed by atoms with E-state index in [1.165, 1.54) is 40.5 Å². The van der Waals surface area contributed by atoms with E-state index in [4.69, 9.17) is 9.15 Å². The summed E-state index contributed by atoms with van der Waals surface area (Å²) in [5, 5.41) is 12.9. The van der Waals surface area contributed by atoms with Crippen LogP contribution in [0, 0.1) is 5.92 Å². The van der Waals surface area contributed by atoms with Gasteiger partial charge in [0.1, 0.15) is 16.9 Å². The van der Waals surface area contributed by atoms with Crippen LogP contribution in [0.4, 0.5) is 5.13 Å². The summed E-state index contributed by atoms with van der Waals surface area (Å²) in [7, 11) is 0. The summed E-state index contributed by atoms with van der Waals surface area (Å²) in [4.78, 5) is 36.2. The number of nitrogens with one attached hydrogen (secondary N) is 1. The van der Waals surface area contributed by atoms with Crippen LogP contribution < -0.4 is 15.5 Å². The van der Waals surface area contributed by atoms with Crippen molar-refractivity contribution in [2.75, 3.05) is 5.32 Å². The van der Waals surface area contributed by atoms with Crippen LogP contribution in [-0.2, 0) is 10.5 Å². The predicted octanol–water partition coefficient (Wildman–Crippen LogP) is 3.41. The number of hydrogen-bond acceptors (Lipinski definition) is 10. The standard InChI is InChI=1S/C17H13N3O5S3/c21-11-6-10(24-7-12(11)25-15(23)13-2-1-5-26-13)8-27-17-20-19-16(28-17)18-14(22)9-3-4-9/h1-2,5-7,9H,3-4,8H2,(H,18,19,22). The first-order valence-corrected chi connectivity index (χ1v) is 10.9. The van der Waals surface area contributed by atoms with Crippen molar-refractivity contribution in [3.63, 3.8) is 0 Å². The maximum absolute atomic E-state index is 12.1. The molecule has 0 aliphatic heterocycles. The van der Waals surface area contributed by atoms with Crippen molar-refractivity contribution in [3.8, 4) is 5.75 Å². The molecule has 1 aliphatic rings. The van der Waals surface area contributed by atoms with Crippen molar-refractivity contribution in [2.24, 2.45) is 5.92 Å². The van der Waals surface area contributed by atoms with E-state index in [9.17, 15) is 14.4 Å². The molecule has 0 bridgehead atoms. The smallest absolute Gasteiger partial charge is 0.353 e. The van der Waals surface area contributed by atoms with Gasteiger partial charge in [-0.05, 0) is 24.3 Å². The Kier molecular flexibility index (Phi) is 5.55. The van der Waals surface area contributed by atoms with E-state index in [1.54, 1.807) is 17.5 Å². The van der Waals surface area contributed by atoms with Crippen LogP contribution in [0.25, 0.3) is 0 Å². The molecule has 1 amide bonds. The van der Waals surface area contributed by atoms with Crippen LogP contribution in [0.15, 0.2) is 43.4 Å². The molecule has 4 rings (SSSR count). The van der Waals surface area contributed by atoms with Gasteiger partial charge >= 0.3 is 5.97 Å². The van der Waals surface area contributed by atoms with Crippen LogP contribution in [0.2, 0.25) is 0 Å². The molecule has 0 atom stereocenters. The molecular weight excluding hydrogens is 422 g/mol. The normalized spacial score (nSPS) is 13.3. The lowest BCUT2D eigenvalue weighted by atomic mass is 10.4. The summed E-state index contributed by atoms with van der Waals surface area (Å²) in [5.41, 5.74) is -0.443. The summed E-state index contributed by atoms with van der Waals surface area (Å²) in [6.07, 6.45) is 2.97. The van der Waals surface area contributed by atoms with Crippen LogP contribution >= 0.6 is 34.4 Å². The Bertz CT molecular complexity index is 1060. The van der Waals surface area contributed by atoms with Gasteiger partial charge in [0.15, 0.2) is 4.34 Å². The third kappa shape index (κ3) is 4.66. The summed E-state index contributed by atoms with van der Waals surface area (Å²) in [6, 6.07) is 4.62. The Labute approximate surface area is 170 Å². The van der Waals surface area contributed by atoms with Crippen LogP contribution in [-0.4, -0.2) is 22.1 Å². The summed E-state index contributed by atoms with van der Waals surface area (Å²) in [5.74, 6) is 0.0737. The molecule has 1 N–H and O–H groups in total. The van der Waals surface area contributed by atoms with Crippen LogP contribution in [0.3, 0.4) is 0 Å². The zero-order valence-electron chi connectivity index (χ0n) is 14.2. The molecule has 0 saturated heterocycles. The Hall–Kier alpha value is -2.50. The minimum absolute atomic E-state index is 0.0219. The highest BCUT2D eigenvalue weighted by molar-refractivity contribution is 8.00. The average molecular weight is 436 g/mol. The molecule has 28 heavy (non-hydrogen) atoms. The van der Waals surface area contributed by atoms with Gasteiger partial charge < -0.3 is 14.5 Å². The molecule has 144 valence electrons. The van der Waals surface area contributed by atoms with Gasteiger partial charge in [-0.2, -0.15) is 0 Å². The lowest BCUT2D eigenvalue weighted by Gasteiger charge is -2.02. The quantitative estimate of drug-likeness (QED) is 0.341. The minimum Gasteiger partial charge on any atom is -0.464 e. The average Bonchev–Trinajstić information content (AvgIpc) is 3.20. The number of nitrogens with zero attached hydrogens (tertiary/aromatic N) is 2. The molecule has 1 saturated carbocycles. The SMILES string of the molecule is O=C(Oc1coc(CSc2nnc(NC(=O)C3CC3)s2)cc1=O)c1cccs1. The monoisotopic (exact) mass is 435 g/mol. The van der Waals surface area contributed by atoms with E-state index < -0.39 is 11.4 Å². The first-order chi connectivity index (χ1) is 13.6. The van der Waals surface area contributed by atoms with Crippen molar-refractivity contribution in [2.45, 2.75) is 22.9 Å². The number of hydrogen-bond donors (Lipinski definition) is 1. The molecule has 3 heterocycles. The van der Waals surface area contributed by atoms with Gasteiger partial charge in [-0.1, -0.05) is 29.2 Å². The Morgan fingerprint density at radius 2 is 2.21 bits per heavy atom. The van der Waals surface area contributed by atoms with Crippen molar-refractivity contribution >= 4 is 51.4 Å². The molecule has 3 aromatic heterocycles. The maximum atomic E-state index is 12.1. The molecule has 0 spiro atoms. The van der Waals surface area contributed by atoms with E-state index in [0.717, 1.165) is 19.1 Å². The van der Waals surface area contributed by atoms with Crippen LogP contribution in [0.1, 0.15) is 28.3 Å². The van der Waals surface area contributed by atoms with Gasteiger partial charge in [0.05, 0.1) is 5.75 Å². The second kappa shape index (κ2) is 8.25. The Balaban J connectivity index is 1.33. The number of aromatic nitrogens is 2. The largest absolute Gasteiger partial charge is 0.464 e. The molecule has 0 radical (unpaired) electrons. The number of rotatable bonds is 7. The fourth-order valence-corrected chi connectivity index (χ4v) is 4.38. The number of amides is 1. The molecule has 8 nitrogen and oxygen atoms in total. The molecule has 11 heteroatoms. The molecule has 0 aromatic carbocycles. The van der Waals surface area contributed by atoms with Gasteiger partial charge in [0.25, 0.3) is 0 Å². The highest BCUT2D eigenvalue weighted by atomic mass is 32.2. The summed E-state index contributed by atoms with van der Waals surface area (Å²) in [6.45, 7) is 0. The number of carbonyl (C=O) groups is 2. The first-order valence-electron chi connectivity index (χ1n) is 8.23. The number of ether oxygens (including phenoxy) is 1. The lowest BCUT2D eigenvalue weighted by molar-refractivity contribution is -0.117. The fourth-order valence-electron chi connectivity index (χ4n) is 2.14. The Morgan fingerprint density at radius 1 is 1.36 bits per heavy atom. The van der Waals surface area contributed by atoms with Gasteiger partial charge in [-0.3, -0.25) is 9.59 Å². The predicted molar refractivity (Wildman–Crippen MR) is 105 cm³/mol. The highest BCUT2D eigenvalue weighted by Gasteiger charge is 2.30. The van der Waals surface area contributed by atoms with Crippen LogP contribution in [0.5, 0.6) is 5.75 Å². The number of thiophene rings is 1. The second-order valence-corrected chi connectivity index (χ2v) is 9.01. The fraction of sp³-hybridized carbons (Fsp3) is 0.235. The molecule has 1 aliphatic carbocycles. The summed E-state index contributed by atoms with van der Waals surface area (Å²) < 4.78 is 11.1. The molecule has 0 unspecified atom stereocenters. The topological polar surface area (TPSA) is 111 Å². The van der Waals surface area contributed by atoms with E-state index in [0.29, 0.717) is 25.9 Å². The molecule has 1 fully saturated rings. The molecule has 3 aromatic rings. The molecular formula is C17H13N3O5S3. The van der Waals surface area contributed by atoms with Crippen molar-refractivity contribution in [3.05, 3.63) is 50.7 Å². The second-order valence-electron chi connectivity index (χ2n) is 5.87. The number of esters is 1. The van der Waals surface area contributed by atoms with Crippen molar-refractivity contribution < 1.29 is 18.7 Å². The zero-order valence-corrected chi connectivity index (χ0v) is 16.7. The number of thioether (sulfide) groups is 1. The van der Waals surface area contributed by atoms with E-state index in [2.05, 4.69) is 15.5 Å². The number of carbonyl (C=O) groups excluding carboxylic acids is 2. The Morgan fingerprint density at radius 3 is 2.93 bits per heavy atom. The number of anilines is 1. The van der Waals surface area contributed by atoms with Gasteiger partial charge in [-0.15, -0.1) is 21.5 Å². The van der Waals surface area contributed by atoms with E-state index in [1.807, 2.05) is 0 Å². The third-order valence-corrected chi connectivity index (χ3v) is 6.54. The van der Waals surface area contributed by atoms with Crippen molar-refractivity contribution in [1.82, 2.24) is 10.2 Å². The highest BCUT2D eigenvalue weighted by Crippen LogP contribution is 2.32. The maximum Gasteiger partial charge on any atom is 0.353 e. The van der Waals surface area contributed by atoms with Gasteiger partial charge in [0.2, 0.25) is 22.2 Å². The van der Waals surface area contributed by atoms with Gasteiger partial charge in [0, 0.05) is 12.0 Å². The van der Waals surface area contributed by atoms with Gasteiger partial charge in [-0.25, -0.2) is 4.79 Å². The minimum atomic E-state index is -0.598. The van der Waals surface area contributed by atoms with E-state index in [-0.39, 0.29) is 17.6 Å². The van der Waals surface area contributed by atoms with E-state index >= 15 is 0 Å². The third-order valence-electron chi connectivity index (χ3n) is 3.70. The summed E-state index contributed by atoms with van der Waals surface area (Å²) >= 11 is 3.81. The zero-order chi connectivity index (χ0) is 19.5. The van der Waals surface area contributed by atoms with Crippen molar-refractivity contribution in [1.29, 1.82) is 0 Å².